The highest BCUT2D eigenvalue weighted by Gasteiger charge is 2.27. The van der Waals surface area contributed by atoms with Crippen molar-refractivity contribution in [1.82, 2.24) is 5.32 Å². The Balaban J connectivity index is 1.82. The Labute approximate surface area is 141 Å². The van der Waals surface area contributed by atoms with Crippen LogP contribution in [0.1, 0.15) is 25.0 Å². The van der Waals surface area contributed by atoms with E-state index in [1.807, 2.05) is 44.2 Å². The Morgan fingerprint density at radius 1 is 1.04 bits per heavy atom. The van der Waals surface area contributed by atoms with Crippen LogP contribution < -0.4 is 5.32 Å². The van der Waals surface area contributed by atoms with Crippen molar-refractivity contribution in [3.05, 3.63) is 59.7 Å². The summed E-state index contributed by atoms with van der Waals surface area (Å²) in [6.07, 6.45) is 0. The van der Waals surface area contributed by atoms with Gasteiger partial charge in [0, 0.05) is 6.54 Å². The van der Waals surface area contributed by atoms with Gasteiger partial charge in [0.25, 0.3) is 0 Å². The van der Waals surface area contributed by atoms with Crippen LogP contribution in [0.5, 0.6) is 11.5 Å². The summed E-state index contributed by atoms with van der Waals surface area (Å²) >= 11 is 0. The molecule has 0 saturated carbocycles. The molecule has 0 bridgehead atoms. The first-order valence-electron chi connectivity index (χ1n) is 7.79. The van der Waals surface area contributed by atoms with Crippen LogP contribution in [-0.4, -0.2) is 22.7 Å². The summed E-state index contributed by atoms with van der Waals surface area (Å²) < 4.78 is 5.66. The Morgan fingerprint density at radius 3 is 2.42 bits per heavy atom. The van der Waals surface area contributed by atoms with Gasteiger partial charge in [0.2, 0.25) is 5.91 Å². The van der Waals surface area contributed by atoms with Crippen LogP contribution in [0.4, 0.5) is 0 Å². The number of hydrogen-bond acceptors (Lipinski definition) is 4. The molecule has 0 fully saturated rings. The average molecular weight is 329 g/mol. The largest absolute Gasteiger partial charge is 0.504 e. The summed E-state index contributed by atoms with van der Waals surface area (Å²) in [5.41, 5.74) is 1.10. The molecule has 24 heavy (non-hydrogen) atoms. The zero-order valence-electron chi connectivity index (χ0n) is 14.0. The number of benzene rings is 2. The van der Waals surface area contributed by atoms with Crippen LogP contribution in [0.3, 0.4) is 0 Å². The molecule has 0 atom stereocenters. The van der Waals surface area contributed by atoms with Crippen molar-refractivity contribution in [2.24, 2.45) is 5.41 Å². The van der Waals surface area contributed by atoms with E-state index in [0.717, 1.165) is 5.56 Å². The zero-order chi connectivity index (χ0) is 17.6. The number of aromatic hydroxyl groups is 2. The molecule has 1 amide bonds. The Morgan fingerprint density at radius 2 is 1.75 bits per heavy atom. The molecular weight excluding hydrogens is 306 g/mol. The van der Waals surface area contributed by atoms with Crippen molar-refractivity contribution >= 4 is 5.91 Å². The van der Waals surface area contributed by atoms with Crippen molar-refractivity contribution in [2.75, 3.05) is 6.61 Å². The van der Waals surface area contributed by atoms with E-state index in [2.05, 4.69) is 5.32 Å². The predicted octanol–water partition coefficient (Wildman–Crippen LogP) is 2.96. The molecule has 0 aromatic heterocycles. The van der Waals surface area contributed by atoms with Crippen molar-refractivity contribution in [3.63, 3.8) is 0 Å². The van der Waals surface area contributed by atoms with E-state index in [1.165, 1.54) is 12.1 Å². The molecule has 5 nitrogen and oxygen atoms in total. The lowest BCUT2D eigenvalue weighted by Crippen LogP contribution is -2.39. The van der Waals surface area contributed by atoms with Gasteiger partial charge in [-0.15, -0.1) is 0 Å². The van der Waals surface area contributed by atoms with Crippen molar-refractivity contribution in [3.8, 4) is 11.5 Å². The van der Waals surface area contributed by atoms with E-state index >= 15 is 0 Å². The highest BCUT2D eigenvalue weighted by atomic mass is 16.5. The average Bonchev–Trinajstić information content (AvgIpc) is 2.56. The molecule has 5 heteroatoms. The molecule has 2 aromatic carbocycles. The molecule has 2 rings (SSSR count). The molecule has 0 heterocycles. The summed E-state index contributed by atoms with van der Waals surface area (Å²) in [6, 6.07) is 14.3. The highest BCUT2D eigenvalue weighted by Crippen LogP contribution is 2.25. The van der Waals surface area contributed by atoms with Gasteiger partial charge in [0.05, 0.1) is 18.6 Å². The summed E-state index contributed by atoms with van der Waals surface area (Å²) in [5.74, 6) is -0.518. The number of rotatable bonds is 7. The second-order valence-electron chi connectivity index (χ2n) is 6.37. The number of ether oxygens (including phenoxy) is 1. The second kappa shape index (κ2) is 7.84. The molecular formula is C19H23NO4. The van der Waals surface area contributed by atoms with E-state index < -0.39 is 5.41 Å². The maximum absolute atomic E-state index is 12.3. The van der Waals surface area contributed by atoms with Gasteiger partial charge in [-0.2, -0.15) is 0 Å². The van der Waals surface area contributed by atoms with E-state index in [1.54, 1.807) is 6.07 Å². The standard InChI is InChI=1S/C19H23NO4/c1-19(2,13-24-12-14-6-4-3-5-7-14)18(23)20-11-15-8-9-16(21)17(22)10-15/h3-10,21-22H,11-13H2,1-2H3,(H,20,23). The Kier molecular flexibility index (Phi) is 5.82. The molecule has 0 aliphatic rings. The minimum atomic E-state index is -0.673. The van der Waals surface area contributed by atoms with E-state index in [4.69, 9.17) is 4.74 Å². The molecule has 0 unspecified atom stereocenters. The van der Waals surface area contributed by atoms with Gasteiger partial charge < -0.3 is 20.3 Å². The quantitative estimate of drug-likeness (QED) is 0.682. The minimum absolute atomic E-state index is 0.136. The first-order valence-corrected chi connectivity index (χ1v) is 7.79. The van der Waals surface area contributed by atoms with Gasteiger partial charge in [-0.25, -0.2) is 0 Å². The second-order valence-corrected chi connectivity index (χ2v) is 6.37. The topological polar surface area (TPSA) is 78.8 Å². The fraction of sp³-hybridized carbons (Fsp3) is 0.316. The fourth-order valence-corrected chi connectivity index (χ4v) is 2.16. The molecule has 3 N–H and O–H groups in total. The molecule has 128 valence electrons. The smallest absolute Gasteiger partial charge is 0.228 e. The Bertz CT molecular complexity index is 683. The predicted molar refractivity (Wildman–Crippen MR) is 91.5 cm³/mol. The molecule has 0 saturated heterocycles. The molecule has 0 aliphatic carbocycles. The maximum atomic E-state index is 12.3. The monoisotopic (exact) mass is 329 g/mol. The summed E-state index contributed by atoms with van der Waals surface area (Å²) in [7, 11) is 0. The molecule has 0 spiro atoms. The van der Waals surface area contributed by atoms with Crippen LogP contribution >= 0.6 is 0 Å². The first-order chi connectivity index (χ1) is 11.4. The highest BCUT2D eigenvalue weighted by molar-refractivity contribution is 5.81. The van der Waals surface area contributed by atoms with Crippen molar-refractivity contribution < 1.29 is 19.7 Å². The van der Waals surface area contributed by atoms with Crippen LogP contribution in [-0.2, 0) is 22.7 Å². The SMILES string of the molecule is CC(C)(COCc1ccccc1)C(=O)NCc1ccc(O)c(O)c1. The number of nitrogens with one attached hydrogen (secondary N) is 1. The number of amides is 1. The van der Waals surface area contributed by atoms with E-state index in [0.29, 0.717) is 18.8 Å². The molecule has 0 radical (unpaired) electrons. The molecule has 0 aliphatic heterocycles. The van der Waals surface area contributed by atoms with Gasteiger partial charge in [-0.1, -0.05) is 36.4 Å². The maximum Gasteiger partial charge on any atom is 0.228 e. The van der Waals surface area contributed by atoms with E-state index in [9.17, 15) is 15.0 Å². The van der Waals surface area contributed by atoms with Gasteiger partial charge >= 0.3 is 0 Å². The number of phenols is 2. The number of hydrogen-bond donors (Lipinski definition) is 3. The molecule has 2 aromatic rings. The van der Waals surface area contributed by atoms with Crippen LogP contribution in [0.2, 0.25) is 0 Å². The van der Waals surface area contributed by atoms with Crippen molar-refractivity contribution in [2.45, 2.75) is 27.0 Å². The zero-order valence-corrected chi connectivity index (χ0v) is 14.0. The minimum Gasteiger partial charge on any atom is -0.504 e. The number of phenolic OH excluding ortho intramolecular Hbond substituents is 2. The van der Waals surface area contributed by atoms with Crippen LogP contribution in [0, 0.1) is 5.41 Å². The van der Waals surface area contributed by atoms with Crippen LogP contribution in [0.25, 0.3) is 0 Å². The lowest BCUT2D eigenvalue weighted by molar-refractivity contribution is -0.133. The fourth-order valence-electron chi connectivity index (χ4n) is 2.16. The third-order valence-corrected chi connectivity index (χ3v) is 3.68. The van der Waals surface area contributed by atoms with Crippen molar-refractivity contribution in [1.29, 1.82) is 0 Å². The normalized spacial score (nSPS) is 11.2. The third kappa shape index (κ3) is 4.99. The van der Waals surface area contributed by atoms with Gasteiger partial charge in [0.15, 0.2) is 11.5 Å². The van der Waals surface area contributed by atoms with Crippen LogP contribution in [0.15, 0.2) is 48.5 Å². The summed E-state index contributed by atoms with van der Waals surface area (Å²) in [5, 5.41) is 21.6. The number of carbonyl (C=O) groups is 1. The summed E-state index contributed by atoms with van der Waals surface area (Å²) in [6.45, 7) is 4.68. The number of carbonyl (C=O) groups excluding carboxylic acids is 1. The lowest BCUT2D eigenvalue weighted by Gasteiger charge is -2.23. The third-order valence-electron chi connectivity index (χ3n) is 3.68. The summed E-state index contributed by atoms with van der Waals surface area (Å²) in [4.78, 5) is 12.3. The van der Waals surface area contributed by atoms with E-state index in [-0.39, 0.29) is 24.0 Å². The lowest BCUT2D eigenvalue weighted by atomic mass is 9.93. The Hall–Kier alpha value is -2.53. The van der Waals surface area contributed by atoms with Gasteiger partial charge in [0.1, 0.15) is 0 Å². The van der Waals surface area contributed by atoms with Gasteiger partial charge in [-0.05, 0) is 37.1 Å². The van der Waals surface area contributed by atoms with Gasteiger partial charge in [-0.3, -0.25) is 4.79 Å². The first kappa shape index (κ1) is 17.8.